The molecule has 148 valence electrons. The normalized spacial score (nSPS) is 23.7. The van der Waals surface area contributed by atoms with Gasteiger partial charge in [-0.2, -0.15) is 0 Å². The number of benzene rings is 1. The van der Waals surface area contributed by atoms with Crippen LogP contribution >= 0.6 is 7.60 Å². The van der Waals surface area contributed by atoms with Gasteiger partial charge in [-0.05, 0) is 12.5 Å². The summed E-state index contributed by atoms with van der Waals surface area (Å²) in [5, 5.41) is 0. The van der Waals surface area contributed by atoms with Crippen LogP contribution in [-0.2, 0) is 24.9 Å². The van der Waals surface area contributed by atoms with Gasteiger partial charge in [0.2, 0.25) is 0 Å². The van der Waals surface area contributed by atoms with Crippen LogP contribution in [0.25, 0.3) is 11.2 Å². The largest absolute Gasteiger partial charge is 0.382 e. The number of hydrogen-bond acceptors (Lipinski definition) is 8. The monoisotopic (exact) mass is 403 g/mol. The average Bonchev–Trinajstić information content (AvgIpc) is 3.11. The number of nitrogens with two attached hydrogens (primary N) is 1. The van der Waals surface area contributed by atoms with E-state index in [9.17, 15) is 4.57 Å². The Morgan fingerprint density at radius 2 is 2.14 bits per heavy atom. The molecule has 1 aromatic carbocycles. The lowest BCUT2D eigenvalue weighted by molar-refractivity contribution is 0.0340. The zero-order valence-electron chi connectivity index (χ0n) is 15.5. The maximum atomic E-state index is 13.0. The fraction of sp³-hybridized carbons (Fsp3) is 0.389. The minimum Gasteiger partial charge on any atom is -0.382 e. The summed E-state index contributed by atoms with van der Waals surface area (Å²) in [5.41, 5.74) is 7.97. The maximum absolute atomic E-state index is 13.0. The first-order valence-electron chi connectivity index (χ1n) is 9.04. The van der Waals surface area contributed by atoms with E-state index in [1.807, 2.05) is 41.8 Å². The summed E-state index contributed by atoms with van der Waals surface area (Å²) >= 11 is 0. The molecule has 2 unspecified atom stereocenters. The molecule has 0 amide bonds. The van der Waals surface area contributed by atoms with E-state index in [2.05, 4.69) is 15.0 Å². The summed E-state index contributed by atoms with van der Waals surface area (Å²) in [6.07, 6.45) is 3.07. The van der Waals surface area contributed by atoms with Crippen molar-refractivity contribution in [2.75, 3.05) is 18.7 Å². The smallest absolute Gasteiger partial charge is 0.356 e. The van der Waals surface area contributed by atoms with Crippen molar-refractivity contribution in [3.8, 4) is 0 Å². The minimum atomic E-state index is -3.33. The Kier molecular flexibility index (Phi) is 5.41. The van der Waals surface area contributed by atoms with Gasteiger partial charge in [-0.1, -0.05) is 30.3 Å². The summed E-state index contributed by atoms with van der Waals surface area (Å²) in [5.74, 6) is 0.331. The molecular weight excluding hydrogens is 381 g/mol. The highest BCUT2D eigenvalue weighted by Gasteiger charge is 2.35. The van der Waals surface area contributed by atoms with Crippen molar-refractivity contribution in [2.45, 2.75) is 32.1 Å². The molecule has 4 rings (SSSR count). The molecule has 1 aliphatic rings. The predicted octanol–water partition coefficient (Wildman–Crippen LogP) is 3.14. The van der Waals surface area contributed by atoms with Crippen molar-refractivity contribution in [1.29, 1.82) is 0 Å². The summed E-state index contributed by atoms with van der Waals surface area (Å²) in [4.78, 5) is 12.4. The highest BCUT2D eigenvalue weighted by atomic mass is 31.2. The molecule has 3 heterocycles. The fourth-order valence-corrected chi connectivity index (χ4v) is 4.75. The Morgan fingerprint density at radius 3 is 2.96 bits per heavy atom. The molecule has 0 bridgehead atoms. The second-order valence-corrected chi connectivity index (χ2v) is 8.62. The molecule has 0 saturated carbocycles. The zero-order chi connectivity index (χ0) is 19.6. The van der Waals surface area contributed by atoms with Crippen LogP contribution in [0.4, 0.5) is 5.82 Å². The number of hydrogen-bond donors (Lipinski definition) is 1. The van der Waals surface area contributed by atoms with Crippen LogP contribution in [0.15, 0.2) is 43.0 Å². The Balaban J connectivity index is 1.37. The first-order chi connectivity index (χ1) is 13.5. The van der Waals surface area contributed by atoms with E-state index >= 15 is 0 Å². The van der Waals surface area contributed by atoms with E-state index < -0.39 is 7.60 Å². The molecule has 1 fully saturated rings. The third kappa shape index (κ3) is 4.07. The quantitative estimate of drug-likeness (QED) is 0.624. The second kappa shape index (κ2) is 7.97. The molecule has 9 nitrogen and oxygen atoms in total. The standard InChI is InChI=1S/C18H22N5O4P/c1-13(9-23-11-22-16-17(19)20-10-21-18(16)23)25-12-28(24)26-8-7-15(27-28)14-5-3-2-4-6-14/h2-6,10-11,13,15H,7-9,12H2,1H3,(H2,19,20,21)/t13-,15?,28?/m1/s1. The zero-order valence-corrected chi connectivity index (χ0v) is 16.4. The summed E-state index contributed by atoms with van der Waals surface area (Å²) < 4.78 is 31.8. The van der Waals surface area contributed by atoms with E-state index in [0.717, 1.165) is 5.56 Å². The lowest BCUT2D eigenvalue weighted by atomic mass is 10.1. The van der Waals surface area contributed by atoms with Gasteiger partial charge in [0.1, 0.15) is 18.2 Å². The minimum absolute atomic E-state index is 0.110. The number of ether oxygens (including phenoxy) is 1. The van der Waals surface area contributed by atoms with Crippen LogP contribution < -0.4 is 5.73 Å². The highest BCUT2D eigenvalue weighted by Crippen LogP contribution is 2.56. The van der Waals surface area contributed by atoms with Gasteiger partial charge >= 0.3 is 7.60 Å². The first kappa shape index (κ1) is 19.0. The highest BCUT2D eigenvalue weighted by molar-refractivity contribution is 7.53. The molecular formula is C18H22N5O4P. The van der Waals surface area contributed by atoms with Gasteiger partial charge in [0.15, 0.2) is 11.5 Å². The van der Waals surface area contributed by atoms with Gasteiger partial charge in [0.25, 0.3) is 0 Å². The average molecular weight is 403 g/mol. The third-order valence-electron chi connectivity index (χ3n) is 4.53. The van der Waals surface area contributed by atoms with E-state index in [1.54, 1.807) is 6.33 Å². The van der Waals surface area contributed by atoms with E-state index in [-0.39, 0.29) is 18.6 Å². The number of nitrogens with zero attached hydrogens (tertiary/aromatic N) is 4. The Bertz CT molecular complexity index is 996. The van der Waals surface area contributed by atoms with Crippen molar-refractivity contribution in [3.05, 3.63) is 48.5 Å². The first-order valence-corrected chi connectivity index (χ1v) is 10.8. The van der Waals surface area contributed by atoms with Gasteiger partial charge in [0.05, 0.1) is 31.7 Å². The summed E-state index contributed by atoms with van der Waals surface area (Å²) in [6.45, 7) is 2.72. The van der Waals surface area contributed by atoms with Crippen LogP contribution in [0.2, 0.25) is 0 Å². The molecule has 3 aromatic rings. The van der Waals surface area contributed by atoms with Gasteiger partial charge in [-0.3, -0.25) is 9.09 Å². The van der Waals surface area contributed by atoms with Crippen LogP contribution in [-0.4, -0.2) is 38.6 Å². The number of aromatic nitrogens is 4. The predicted molar refractivity (Wildman–Crippen MR) is 104 cm³/mol. The Morgan fingerprint density at radius 1 is 1.32 bits per heavy atom. The van der Waals surface area contributed by atoms with Crippen LogP contribution in [0.1, 0.15) is 25.0 Å². The topological polar surface area (TPSA) is 114 Å². The van der Waals surface area contributed by atoms with Crippen LogP contribution in [0, 0.1) is 0 Å². The van der Waals surface area contributed by atoms with Crippen molar-refractivity contribution in [2.24, 2.45) is 0 Å². The van der Waals surface area contributed by atoms with Gasteiger partial charge in [0, 0.05) is 6.42 Å². The molecule has 28 heavy (non-hydrogen) atoms. The second-order valence-electron chi connectivity index (χ2n) is 6.67. The number of rotatable bonds is 6. The number of imidazole rings is 1. The summed E-state index contributed by atoms with van der Waals surface area (Å²) in [7, 11) is -3.33. The van der Waals surface area contributed by atoms with Crippen molar-refractivity contribution in [3.63, 3.8) is 0 Å². The molecule has 2 N–H and O–H groups in total. The van der Waals surface area contributed by atoms with Crippen LogP contribution in [0.5, 0.6) is 0 Å². The Hall–Kier alpha value is -2.32. The van der Waals surface area contributed by atoms with Gasteiger partial charge in [-0.25, -0.2) is 15.0 Å². The molecule has 1 aliphatic heterocycles. The molecule has 0 aliphatic carbocycles. The van der Waals surface area contributed by atoms with Crippen LogP contribution in [0.3, 0.4) is 0 Å². The fourth-order valence-electron chi connectivity index (χ4n) is 3.12. The number of fused-ring (bicyclic) bond motifs is 1. The third-order valence-corrected chi connectivity index (χ3v) is 6.14. The molecule has 0 radical (unpaired) electrons. The molecule has 3 atom stereocenters. The lowest BCUT2D eigenvalue weighted by Gasteiger charge is -2.30. The van der Waals surface area contributed by atoms with Gasteiger partial charge < -0.3 is 19.6 Å². The van der Waals surface area contributed by atoms with E-state index in [4.69, 9.17) is 19.5 Å². The molecule has 0 spiro atoms. The number of anilines is 1. The van der Waals surface area contributed by atoms with Crippen molar-refractivity contribution >= 4 is 24.6 Å². The lowest BCUT2D eigenvalue weighted by Crippen LogP contribution is -2.21. The Labute approximate surface area is 162 Å². The van der Waals surface area contributed by atoms with E-state index in [1.165, 1.54) is 6.33 Å². The molecule has 10 heteroatoms. The molecule has 2 aromatic heterocycles. The van der Waals surface area contributed by atoms with Gasteiger partial charge in [-0.15, -0.1) is 0 Å². The summed E-state index contributed by atoms with van der Waals surface area (Å²) in [6, 6.07) is 9.72. The van der Waals surface area contributed by atoms with E-state index in [0.29, 0.717) is 36.6 Å². The SMILES string of the molecule is C[C@H](Cn1cnc2c(N)ncnc21)OCP1(=O)OCCC(c2ccccc2)O1. The number of nitrogen functional groups attached to an aromatic ring is 1. The van der Waals surface area contributed by atoms with Crippen molar-refractivity contribution in [1.82, 2.24) is 19.5 Å². The maximum Gasteiger partial charge on any atom is 0.356 e. The van der Waals surface area contributed by atoms with Crippen molar-refractivity contribution < 1.29 is 18.3 Å². The molecule has 1 saturated heterocycles.